The smallest absolute Gasteiger partial charge is 0.268 e. The Hall–Kier alpha value is -2.57. The second-order valence-electron chi connectivity index (χ2n) is 13.0. The highest BCUT2D eigenvalue weighted by Gasteiger charge is 2.47. The SMILES string of the molecule is Cc1ccc(S(=O)(=O)n2cc(C3C/C=C(/O[Si](C(C)C)(C(C)C)C(C)C)C/C=C\C3(C)C)c3ccccc32)cc1. The molecular weight excluding hydrogens is 531 g/mol. The maximum absolute atomic E-state index is 13.9. The Bertz CT molecular complexity index is 1490. The number of aromatic nitrogens is 1. The molecule has 0 saturated carbocycles. The molecule has 0 spiro atoms. The molecule has 0 aliphatic heterocycles. The van der Waals surface area contributed by atoms with Crippen LogP contribution in [0.25, 0.3) is 10.9 Å². The number of hydrogen-bond donors (Lipinski definition) is 0. The van der Waals surface area contributed by atoms with Gasteiger partial charge in [0.2, 0.25) is 0 Å². The molecule has 1 aliphatic rings. The molecule has 1 heterocycles. The van der Waals surface area contributed by atoms with Crippen LogP contribution in [0.5, 0.6) is 0 Å². The lowest BCUT2D eigenvalue weighted by Gasteiger charge is -2.43. The summed E-state index contributed by atoms with van der Waals surface area (Å²) in [5.74, 6) is 1.14. The standard InChI is InChI=1S/C34H47NO3SSi/c1-24(2)40(25(3)4,26(5)6)38-28-13-12-22-34(8,9)32(21-18-28)31-23-35(33-15-11-10-14-30(31)33)39(36,37)29-19-16-27(7)17-20-29/h10-12,14-20,22-26,32H,13,21H2,1-9H3/b22-12-,28-18+. The highest BCUT2D eigenvalue weighted by atomic mass is 32.2. The molecule has 0 fully saturated rings. The molecule has 1 aromatic heterocycles. The summed E-state index contributed by atoms with van der Waals surface area (Å²) in [7, 11) is -5.84. The van der Waals surface area contributed by atoms with E-state index in [0.717, 1.165) is 35.1 Å². The van der Waals surface area contributed by atoms with Gasteiger partial charge >= 0.3 is 0 Å². The van der Waals surface area contributed by atoms with Gasteiger partial charge < -0.3 is 4.43 Å². The zero-order valence-electron chi connectivity index (χ0n) is 25.7. The molecule has 4 nitrogen and oxygen atoms in total. The van der Waals surface area contributed by atoms with Gasteiger partial charge in [0.1, 0.15) is 0 Å². The van der Waals surface area contributed by atoms with Crippen molar-refractivity contribution in [2.75, 3.05) is 0 Å². The average molecular weight is 578 g/mol. The van der Waals surface area contributed by atoms with Crippen molar-refractivity contribution >= 4 is 29.2 Å². The van der Waals surface area contributed by atoms with Crippen LogP contribution in [0.3, 0.4) is 0 Å². The summed E-state index contributed by atoms with van der Waals surface area (Å²) < 4.78 is 36.3. The zero-order valence-corrected chi connectivity index (χ0v) is 27.5. The minimum absolute atomic E-state index is 0.0789. The highest BCUT2D eigenvalue weighted by Crippen LogP contribution is 2.47. The maximum Gasteiger partial charge on any atom is 0.268 e. The van der Waals surface area contributed by atoms with Crippen molar-refractivity contribution in [2.24, 2.45) is 5.41 Å². The summed E-state index contributed by atoms with van der Waals surface area (Å²) in [6.45, 7) is 20.4. The molecule has 2 aromatic carbocycles. The average Bonchev–Trinajstić information content (AvgIpc) is 3.25. The van der Waals surface area contributed by atoms with E-state index >= 15 is 0 Å². The second kappa shape index (κ2) is 11.4. The van der Waals surface area contributed by atoms with Crippen molar-refractivity contribution in [2.45, 2.75) is 103 Å². The Morgan fingerprint density at radius 3 is 2.12 bits per heavy atom. The van der Waals surface area contributed by atoms with Gasteiger partial charge in [-0.3, -0.25) is 0 Å². The van der Waals surface area contributed by atoms with E-state index in [1.165, 1.54) is 3.97 Å². The van der Waals surface area contributed by atoms with Crippen LogP contribution in [0, 0.1) is 12.3 Å². The molecule has 4 rings (SSSR count). The third-order valence-corrected chi connectivity index (χ3v) is 16.7. The zero-order chi connectivity index (χ0) is 29.5. The molecule has 3 aromatic rings. The first-order valence-corrected chi connectivity index (χ1v) is 18.3. The quantitative estimate of drug-likeness (QED) is 0.198. The first kappa shape index (κ1) is 30.4. The van der Waals surface area contributed by atoms with Gasteiger partial charge in [0.05, 0.1) is 16.2 Å². The Balaban J connectivity index is 1.81. The summed E-state index contributed by atoms with van der Waals surface area (Å²) in [5, 5.41) is 0.983. The van der Waals surface area contributed by atoms with Crippen molar-refractivity contribution in [3.05, 3.63) is 89.8 Å². The second-order valence-corrected chi connectivity index (χ2v) is 20.2. The summed E-state index contributed by atoms with van der Waals surface area (Å²) in [6, 6.07) is 15.0. The third kappa shape index (κ3) is 5.49. The van der Waals surface area contributed by atoms with E-state index in [1.54, 1.807) is 12.1 Å². The van der Waals surface area contributed by atoms with Gasteiger partial charge in [-0.2, -0.15) is 0 Å². The van der Waals surface area contributed by atoms with Gasteiger partial charge in [-0.15, -0.1) is 0 Å². The van der Waals surface area contributed by atoms with Crippen LogP contribution in [0.15, 0.2) is 83.6 Å². The van der Waals surface area contributed by atoms with Crippen molar-refractivity contribution in [1.82, 2.24) is 3.97 Å². The van der Waals surface area contributed by atoms with Crippen molar-refractivity contribution in [3.63, 3.8) is 0 Å². The monoisotopic (exact) mass is 577 g/mol. The molecular formula is C34H47NO3SSi. The minimum Gasteiger partial charge on any atom is -0.546 e. The van der Waals surface area contributed by atoms with Gasteiger partial charge in [0.15, 0.2) is 0 Å². The topological polar surface area (TPSA) is 48.3 Å². The molecule has 0 bridgehead atoms. The van der Waals surface area contributed by atoms with Crippen molar-refractivity contribution in [1.29, 1.82) is 0 Å². The Morgan fingerprint density at radius 2 is 1.52 bits per heavy atom. The number of nitrogens with zero attached hydrogens (tertiary/aromatic N) is 1. The lowest BCUT2D eigenvalue weighted by Crippen LogP contribution is -2.47. The van der Waals surface area contributed by atoms with Crippen LogP contribution in [-0.2, 0) is 14.4 Å². The molecule has 40 heavy (non-hydrogen) atoms. The van der Waals surface area contributed by atoms with Gasteiger partial charge in [0, 0.05) is 18.0 Å². The summed E-state index contributed by atoms with van der Waals surface area (Å²) in [4.78, 5) is 0.301. The molecule has 0 N–H and O–H groups in total. The molecule has 1 atom stereocenters. The number of aryl methyl sites for hydroxylation is 1. The fourth-order valence-electron chi connectivity index (χ4n) is 6.90. The number of benzene rings is 2. The van der Waals surface area contributed by atoms with Crippen LogP contribution < -0.4 is 0 Å². The number of rotatable bonds is 8. The normalized spacial score (nSPS) is 20.4. The van der Waals surface area contributed by atoms with Crippen LogP contribution >= 0.6 is 0 Å². The predicted octanol–water partition coefficient (Wildman–Crippen LogP) is 9.72. The Labute approximate surface area is 243 Å². The fraction of sp³-hybridized carbons (Fsp3) is 0.471. The molecule has 1 unspecified atom stereocenters. The van der Waals surface area contributed by atoms with E-state index in [0.29, 0.717) is 27.0 Å². The van der Waals surface area contributed by atoms with Crippen LogP contribution in [-0.4, -0.2) is 20.7 Å². The van der Waals surface area contributed by atoms with E-state index in [9.17, 15) is 8.42 Å². The minimum atomic E-state index is -3.75. The molecule has 0 amide bonds. The Morgan fingerprint density at radius 1 is 0.925 bits per heavy atom. The number of fused-ring (bicyclic) bond motifs is 1. The van der Waals surface area contributed by atoms with Gasteiger partial charge in [0.25, 0.3) is 18.3 Å². The predicted molar refractivity (Wildman–Crippen MR) is 171 cm³/mol. The number of para-hydroxylation sites is 1. The lowest BCUT2D eigenvalue weighted by molar-refractivity contribution is 0.339. The van der Waals surface area contributed by atoms with E-state index in [2.05, 4.69) is 79.7 Å². The number of allylic oxidation sites excluding steroid dienone is 3. The van der Waals surface area contributed by atoms with Crippen LogP contribution in [0.4, 0.5) is 0 Å². The maximum atomic E-state index is 13.9. The molecule has 0 radical (unpaired) electrons. The van der Waals surface area contributed by atoms with Crippen LogP contribution in [0.1, 0.15) is 85.3 Å². The van der Waals surface area contributed by atoms with Gasteiger partial charge in [-0.05, 0) is 71.1 Å². The highest BCUT2D eigenvalue weighted by molar-refractivity contribution is 7.90. The van der Waals surface area contributed by atoms with E-state index in [4.69, 9.17) is 4.43 Å². The summed E-state index contributed by atoms with van der Waals surface area (Å²) >= 11 is 0. The number of hydrogen-bond acceptors (Lipinski definition) is 3. The van der Waals surface area contributed by atoms with Crippen LogP contribution in [0.2, 0.25) is 16.6 Å². The molecule has 6 heteroatoms. The van der Waals surface area contributed by atoms with Gasteiger partial charge in [-0.1, -0.05) is 103 Å². The fourth-order valence-corrected chi connectivity index (χ4v) is 13.6. The van der Waals surface area contributed by atoms with Crippen molar-refractivity contribution in [3.8, 4) is 0 Å². The van der Waals surface area contributed by atoms with E-state index in [1.807, 2.05) is 43.5 Å². The first-order chi connectivity index (χ1) is 18.7. The summed E-state index contributed by atoms with van der Waals surface area (Å²) in [6.07, 6.45) is 10.3. The van der Waals surface area contributed by atoms with Gasteiger partial charge in [-0.25, -0.2) is 12.4 Å². The largest absolute Gasteiger partial charge is 0.546 e. The lowest BCUT2D eigenvalue weighted by atomic mass is 9.72. The molecule has 0 saturated heterocycles. The molecule has 216 valence electrons. The Kier molecular flexibility index (Phi) is 8.63. The summed E-state index contributed by atoms with van der Waals surface area (Å²) in [5.41, 5.74) is 4.13. The molecule has 1 aliphatic carbocycles. The van der Waals surface area contributed by atoms with Crippen molar-refractivity contribution < 1.29 is 12.8 Å². The first-order valence-electron chi connectivity index (χ1n) is 14.7. The van der Waals surface area contributed by atoms with E-state index in [-0.39, 0.29) is 11.3 Å². The van der Waals surface area contributed by atoms with E-state index < -0.39 is 18.3 Å². The third-order valence-electron chi connectivity index (χ3n) is 9.02.